The molecule has 2 aliphatic heterocycles. The lowest BCUT2D eigenvalue weighted by atomic mass is 9.91. The number of hydrogen-bond acceptors (Lipinski definition) is 4. The zero-order valence-corrected chi connectivity index (χ0v) is 38.4. The van der Waals surface area contributed by atoms with Crippen LogP contribution in [0.25, 0.3) is 33.0 Å². The minimum Gasteiger partial charge on any atom is -0.368 e. The van der Waals surface area contributed by atoms with Gasteiger partial charge in [0.15, 0.2) is 0 Å². The number of hydrogen-bond donors (Lipinski definition) is 1. The van der Waals surface area contributed by atoms with Crippen molar-refractivity contribution in [2.75, 3.05) is 5.32 Å². The Balaban J connectivity index is 1.18. The number of benzene rings is 6. The van der Waals surface area contributed by atoms with Crippen molar-refractivity contribution in [3.05, 3.63) is 144 Å². The minimum absolute atomic E-state index is 0.0885. The van der Waals surface area contributed by atoms with Gasteiger partial charge in [-0.1, -0.05) is 213 Å². The molecule has 0 fully saturated rings. The first-order chi connectivity index (χ1) is 29.2. The van der Waals surface area contributed by atoms with Crippen molar-refractivity contribution in [3.63, 3.8) is 0 Å². The molecule has 0 spiro atoms. The standard InChI is InChI=1S/C56H64N2S2/c1-37(2)15-13-17-39(5)23-25-41-27-31-43(32-28-41)47-35-49-52-51-50(60-55(57-53(47)51)45-19-9-7-10-20-45)36-48(54(52)58-56(59-49)46-21-11-8-12-22-46)44-33-29-42(30-34-44)26-24-40(6)18-14-16-38(3)4/h7-12,19-22,27-40,55,57H,13-18,23-26H2,1-6H3. The number of nitrogens with one attached hydrogen (secondary N) is 1. The van der Waals surface area contributed by atoms with Crippen LogP contribution < -0.4 is 5.32 Å². The number of thioether (sulfide) groups is 2. The van der Waals surface area contributed by atoms with E-state index in [9.17, 15) is 0 Å². The lowest BCUT2D eigenvalue weighted by Crippen LogP contribution is -2.14. The van der Waals surface area contributed by atoms with Crippen molar-refractivity contribution in [1.29, 1.82) is 0 Å². The highest BCUT2D eigenvalue weighted by atomic mass is 32.2. The van der Waals surface area contributed by atoms with E-state index in [2.05, 4.69) is 168 Å². The average molecular weight is 829 g/mol. The van der Waals surface area contributed by atoms with Crippen LogP contribution in [0.1, 0.15) is 121 Å². The van der Waals surface area contributed by atoms with Gasteiger partial charge in [-0.2, -0.15) is 0 Å². The van der Waals surface area contributed by atoms with Gasteiger partial charge >= 0.3 is 0 Å². The molecule has 6 aromatic carbocycles. The number of nitrogens with zero attached hydrogens (tertiary/aromatic N) is 1. The lowest BCUT2D eigenvalue weighted by molar-refractivity contribution is 0.437. The molecule has 0 saturated carbocycles. The first-order valence-corrected chi connectivity index (χ1v) is 24.6. The maximum absolute atomic E-state index is 5.57. The fourth-order valence-electron chi connectivity index (χ4n) is 9.00. The molecule has 2 heterocycles. The van der Waals surface area contributed by atoms with E-state index in [1.54, 1.807) is 0 Å². The Morgan fingerprint density at radius 1 is 0.533 bits per heavy atom. The van der Waals surface area contributed by atoms with Crippen LogP contribution in [0.15, 0.2) is 136 Å². The van der Waals surface area contributed by atoms with Crippen LogP contribution in [0.3, 0.4) is 0 Å². The van der Waals surface area contributed by atoms with Crippen LogP contribution in [0.4, 0.5) is 11.4 Å². The Hall–Kier alpha value is -4.25. The molecule has 0 radical (unpaired) electrons. The number of aliphatic imine (C=N–C) groups is 1. The van der Waals surface area contributed by atoms with E-state index in [1.807, 2.05) is 23.5 Å². The summed E-state index contributed by atoms with van der Waals surface area (Å²) in [5, 5.41) is 7.79. The summed E-state index contributed by atoms with van der Waals surface area (Å²) in [6.07, 6.45) is 12.7. The maximum atomic E-state index is 5.57. The Labute approximate surface area is 369 Å². The Morgan fingerprint density at radius 3 is 1.63 bits per heavy atom. The number of rotatable bonds is 18. The van der Waals surface area contributed by atoms with Gasteiger partial charge in [0.2, 0.25) is 0 Å². The molecular weight excluding hydrogens is 765 g/mol. The Bertz CT molecular complexity index is 2380. The molecule has 0 saturated heterocycles. The monoisotopic (exact) mass is 828 g/mol. The first-order valence-electron chi connectivity index (χ1n) is 22.9. The molecule has 3 atom stereocenters. The largest absolute Gasteiger partial charge is 0.368 e. The minimum atomic E-state index is 0.0885. The smallest absolute Gasteiger partial charge is 0.109 e. The quantitative estimate of drug-likeness (QED) is 0.0934. The summed E-state index contributed by atoms with van der Waals surface area (Å²) in [6.45, 7) is 14.2. The summed E-state index contributed by atoms with van der Waals surface area (Å²) >= 11 is 3.76. The molecule has 2 aliphatic rings. The van der Waals surface area contributed by atoms with Crippen LogP contribution in [-0.2, 0) is 12.8 Å². The predicted molar refractivity (Wildman–Crippen MR) is 264 cm³/mol. The topological polar surface area (TPSA) is 24.4 Å². The fourth-order valence-corrected chi connectivity index (χ4v) is 11.3. The van der Waals surface area contributed by atoms with Crippen molar-refractivity contribution in [2.45, 2.75) is 121 Å². The Morgan fingerprint density at radius 2 is 1.07 bits per heavy atom. The highest BCUT2D eigenvalue weighted by molar-refractivity contribution is 8.14. The third-order valence-corrected chi connectivity index (χ3v) is 15.0. The van der Waals surface area contributed by atoms with Crippen molar-refractivity contribution in [3.8, 4) is 22.3 Å². The van der Waals surface area contributed by atoms with Gasteiger partial charge in [0.25, 0.3) is 0 Å². The summed E-state index contributed by atoms with van der Waals surface area (Å²) < 4.78 is 0. The summed E-state index contributed by atoms with van der Waals surface area (Å²) in [7, 11) is 0. The van der Waals surface area contributed by atoms with Gasteiger partial charge in [0.1, 0.15) is 10.4 Å². The maximum Gasteiger partial charge on any atom is 0.109 e. The second-order valence-electron chi connectivity index (χ2n) is 18.6. The van der Waals surface area contributed by atoms with Crippen LogP contribution in [0.5, 0.6) is 0 Å². The van der Waals surface area contributed by atoms with Crippen LogP contribution >= 0.6 is 23.5 Å². The van der Waals surface area contributed by atoms with Crippen LogP contribution in [0.2, 0.25) is 0 Å². The van der Waals surface area contributed by atoms with E-state index in [0.29, 0.717) is 0 Å². The van der Waals surface area contributed by atoms with E-state index in [-0.39, 0.29) is 5.37 Å². The number of aryl methyl sites for hydroxylation is 2. The summed E-state index contributed by atoms with van der Waals surface area (Å²) in [5.74, 6) is 3.09. The molecule has 1 N–H and O–H groups in total. The van der Waals surface area contributed by atoms with E-state index >= 15 is 0 Å². The van der Waals surface area contributed by atoms with Crippen molar-refractivity contribution in [1.82, 2.24) is 0 Å². The molecule has 0 bridgehead atoms. The molecule has 310 valence electrons. The van der Waals surface area contributed by atoms with Gasteiger partial charge in [-0.05, 0) is 89.3 Å². The van der Waals surface area contributed by atoms with Crippen LogP contribution in [-0.4, -0.2) is 5.04 Å². The van der Waals surface area contributed by atoms with E-state index in [0.717, 1.165) is 52.8 Å². The summed E-state index contributed by atoms with van der Waals surface area (Å²) in [6, 6.07) is 45.5. The molecule has 0 aliphatic carbocycles. The summed E-state index contributed by atoms with van der Waals surface area (Å²) in [4.78, 5) is 8.16. The lowest BCUT2D eigenvalue weighted by Gasteiger charge is -2.32. The summed E-state index contributed by atoms with van der Waals surface area (Å²) in [5.41, 5.74) is 12.6. The molecular formula is C56H64N2S2. The van der Waals surface area contributed by atoms with E-state index in [4.69, 9.17) is 4.99 Å². The second kappa shape index (κ2) is 19.6. The fraction of sp³-hybridized carbons (Fsp3) is 0.375. The Kier molecular flexibility index (Phi) is 13.9. The highest BCUT2D eigenvalue weighted by Crippen LogP contribution is 2.58. The molecule has 0 amide bonds. The first kappa shape index (κ1) is 42.4. The zero-order chi connectivity index (χ0) is 41.6. The third kappa shape index (κ3) is 10.1. The highest BCUT2D eigenvalue weighted by Gasteiger charge is 2.32. The molecule has 60 heavy (non-hydrogen) atoms. The molecule has 2 nitrogen and oxygen atoms in total. The van der Waals surface area contributed by atoms with Crippen molar-refractivity contribution < 1.29 is 0 Å². The SMILES string of the molecule is CC(C)CCCC(C)CCc1ccc(-c2cc3c4c(c(-c5ccc(CCC(C)CCCC(C)C)cc5)cc5c4c2N=C(c2ccccc2)S5)NC(c2ccccc2)S3)cc1. The zero-order valence-electron chi connectivity index (χ0n) is 36.8. The molecule has 6 aromatic rings. The molecule has 8 rings (SSSR count). The number of anilines is 1. The van der Waals surface area contributed by atoms with E-state index in [1.165, 1.54) is 117 Å². The van der Waals surface area contributed by atoms with Crippen LogP contribution in [0, 0.1) is 23.7 Å². The molecule has 0 aromatic heterocycles. The normalized spacial score (nSPS) is 15.6. The van der Waals surface area contributed by atoms with Gasteiger partial charge in [0, 0.05) is 37.3 Å². The van der Waals surface area contributed by atoms with Gasteiger partial charge in [-0.15, -0.1) is 0 Å². The second-order valence-corrected chi connectivity index (χ2v) is 20.8. The third-order valence-electron chi connectivity index (χ3n) is 12.7. The molecule has 4 heteroatoms. The van der Waals surface area contributed by atoms with Gasteiger partial charge in [0.05, 0.1) is 11.4 Å². The van der Waals surface area contributed by atoms with Gasteiger partial charge < -0.3 is 5.32 Å². The van der Waals surface area contributed by atoms with Crippen molar-refractivity contribution in [2.24, 2.45) is 28.7 Å². The van der Waals surface area contributed by atoms with Gasteiger partial charge in [-0.3, -0.25) is 0 Å². The predicted octanol–water partition coefficient (Wildman–Crippen LogP) is 17.4. The van der Waals surface area contributed by atoms with Gasteiger partial charge in [-0.25, -0.2) is 4.99 Å². The molecule has 3 unspecified atom stereocenters. The van der Waals surface area contributed by atoms with Crippen molar-refractivity contribution >= 4 is 50.7 Å². The average Bonchev–Trinajstić information content (AvgIpc) is 3.27. The van der Waals surface area contributed by atoms with E-state index < -0.39 is 0 Å².